The molecule has 2 aliphatic heterocycles. The van der Waals surface area contributed by atoms with E-state index in [2.05, 4.69) is 13.8 Å². The summed E-state index contributed by atoms with van der Waals surface area (Å²) in [4.78, 5) is 14.3. The summed E-state index contributed by atoms with van der Waals surface area (Å²) in [5.41, 5.74) is 5.81. The number of nitrogens with zero attached hydrogens (tertiary/aromatic N) is 1. The van der Waals surface area contributed by atoms with Crippen molar-refractivity contribution in [3.05, 3.63) is 0 Å². The molecule has 2 aliphatic rings. The minimum absolute atomic E-state index is 0.250. The number of piperidine rings is 1. The molecule has 2 N–H and O–H groups in total. The number of carbonyl (C=O) groups excluding carboxylic acids is 1. The number of carbonyl (C=O) groups is 1. The number of rotatable bonds is 4. The molecule has 0 saturated carbocycles. The van der Waals surface area contributed by atoms with Crippen LogP contribution in [0.3, 0.4) is 0 Å². The predicted molar refractivity (Wildman–Crippen MR) is 75.8 cm³/mol. The Bertz CT molecular complexity index is 309. The summed E-state index contributed by atoms with van der Waals surface area (Å²) in [6, 6.07) is 0.250. The zero-order chi connectivity index (χ0) is 13.8. The number of nitrogens with two attached hydrogens (primary N) is 1. The minimum Gasteiger partial charge on any atom is -0.375 e. The second kappa shape index (κ2) is 6.71. The van der Waals surface area contributed by atoms with Gasteiger partial charge in [-0.3, -0.25) is 4.79 Å². The number of ether oxygens (including phenoxy) is 1. The molecule has 0 aromatic heterocycles. The molecule has 0 spiro atoms. The molecule has 4 atom stereocenters. The van der Waals surface area contributed by atoms with E-state index in [4.69, 9.17) is 10.5 Å². The third kappa shape index (κ3) is 3.93. The number of likely N-dealkylation sites (tertiary alicyclic amines) is 1. The van der Waals surface area contributed by atoms with Crippen LogP contribution in [0.1, 0.15) is 52.4 Å². The lowest BCUT2D eigenvalue weighted by molar-refractivity contribution is -0.136. The largest absolute Gasteiger partial charge is 0.375 e. The third-order valence-electron chi connectivity index (χ3n) is 4.57. The summed E-state index contributed by atoms with van der Waals surface area (Å²) in [5.74, 6) is 0.960. The molecule has 0 aromatic rings. The van der Waals surface area contributed by atoms with E-state index < -0.39 is 0 Å². The fraction of sp³-hybridized carbons (Fsp3) is 0.933. The molecule has 0 aromatic carbocycles. The van der Waals surface area contributed by atoms with Gasteiger partial charge in [0.1, 0.15) is 0 Å². The number of hydrogen-bond acceptors (Lipinski definition) is 3. The van der Waals surface area contributed by atoms with Gasteiger partial charge in [-0.1, -0.05) is 6.92 Å². The maximum Gasteiger partial charge on any atom is 0.222 e. The predicted octanol–water partition coefficient (Wildman–Crippen LogP) is 1.92. The summed E-state index contributed by atoms with van der Waals surface area (Å²) < 4.78 is 5.77. The van der Waals surface area contributed by atoms with Crippen LogP contribution in [0.5, 0.6) is 0 Å². The highest BCUT2D eigenvalue weighted by atomic mass is 16.5. The maximum absolute atomic E-state index is 12.3. The second-order valence-corrected chi connectivity index (χ2v) is 6.29. The Morgan fingerprint density at radius 1 is 1.32 bits per heavy atom. The second-order valence-electron chi connectivity index (χ2n) is 6.29. The van der Waals surface area contributed by atoms with Crippen LogP contribution < -0.4 is 5.73 Å². The van der Waals surface area contributed by atoms with Crippen molar-refractivity contribution >= 4 is 5.91 Å². The van der Waals surface area contributed by atoms with Crippen molar-refractivity contribution in [3.8, 4) is 0 Å². The summed E-state index contributed by atoms with van der Waals surface area (Å²) in [6.45, 7) is 5.83. The average Bonchev–Trinajstić information content (AvgIpc) is 2.81. The van der Waals surface area contributed by atoms with Crippen LogP contribution in [0.25, 0.3) is 0 Å². The van der Waals surface area contributed by atoms with Gasteiger partial charge in [0.25, 0.3) is 0 Å². The van der Waals surface area contributed by atoms with E-state index in [9.17, 15) is 4.79 Å². The molecule has 4 unspecified atom stereocenters. The van der Waals surface area contributed by atoms with Crippen LogP contribution in [0.15, 0.2) is 0 Å². The van der Waals surface area contributed by atoms with Crippen LogP contribution in [-0.2, 0) is 9.53 Å². The Kier molecular flexibility index (Phi) is 5.22. The first-order valence-corrected chi connectivity index (χ1v) is 7.75. The molecule has 2 rings (SSSR count). The average molecular weight is 268 g/mol. The van der Waals surface area contributed by atoms with Crippen LogP contribution in [0, 0.1) is 5.92 Å². The van der Waals surface area contributed by atoms with E-state index in [1.807, 2.05) is 4.90 Å². The maximum atomic E-state index is 12.3. The molecule has 2 saturated heterocycles. The number of amides is 1. The monoisotopic (exact) mass is 268 g/mol. The Morgan fingerprint density at radius 3 is 2.74 bits per heavy atom. The fourth-order valence-corrected chi connectivity index (χ4v) is 3.33. The van der Waals surface area contributed by atoms with Gasteiger partial charge in [0.15, 0.2) is 0 Å². The van der Waals surface area contributed by atoms with Crippen LogP contribution >= 0.6 is 0 Å². The summed E-state index contributed by atoms with van der Waals surface area (Å²) >= 11 is 0. The van der Waals surface area contributed by atoms with E-state index >= 15 is 0 Å². The van der Waals surface area contributed by atoms with Gasteiger partial charge in [-0.25, -0.2) is 0 Å². The van der Waals surface area contributed by atoms with Crippen molar-refractivity contribution < 1.29 is 9.53 Å². The van der Waals surface area contributed by atoms with E-state index in [0.717, 1.165) is 38.6 Å². The quantitative estimate of drug-likeness (QED) is 0.847. The molecule has 0 bridgehead atoms. The Balaban J connectivity index is 1.78. The normalized spacial score (nSPS) is 35.6. The Hall–Kier alpha value is -0.610. The van der Waals surface area contributed by atoms with Crippen LogP contribution in [-0.4, -0.2) is 42.1 Å². The van der Waals surface area contributed by atoms with E-state index in [1.54, 1.807) is 0 Å². The van der Waals surface area contributed by atoms with Gasteiger partial charge in [-0.15, -0.1) is 0 Å². The first-order valence-electron chi connectivity index (χ1n) is 7.75. The summed E-state index contributed by atoms with van der Waals surface area (Å²) in [7, 11) is 0. The molecular weight excluding hydrogens is 240 g/mol. The van der Waals surface area contributed by atoms with E-state index in [0.29, 0.717) is 31.1 Å². The van der Waals surface area contributed by atoms with Crippen molar-refractivity contribution in [2.24, 2.45) is 11.7 Å². The molecule has 4 heteroatoms. The number of hydrogen-bond donors (Lipinski definition) is 1. The molecule has 0 aliphatic carbocycles. The van der Waals surface area contributed by atoms with Crippen molar-refractivity contribution in [2.75, 3.05) is 13.1 Å². The van der Waals surface area contributed by atoms with Crippen molar-refractivity contribution in [1.82, 2.24) is 4.90 Å². The molecule has 110 valence electrons. The van der Waals surface area contributed by atoms with Gasteiger partial charge < -0.3 is 15.4 Å². The lowest BCUT2D eigenvalue weighted by Crippen LogP contribution is -2.49. The SMILES string of the molecule is CC1CCN(C(=O)CCC2CCC(C)O2)C(CN)C1. The Morgan fingerprint density at radius 2 is 2.11 bits per heavy atom. The third-order valence-corrected chi connectivity index (χ3v) is 4.57. The Labute approximate surface area is 116 Å². The van der Waals surface area contributed by atoms with Crippen LogP contribution in [0.2, 0.25) is 0 Å². The van der Waals surface area contributed by atoms with Gasteiger partial charge in [0.2, 0.25) is 5.91 Å². The molecule has 4 nitrogen and oxygen atoms in total. The highest BCUT2D eigenvalue weighted by Crippen LogP contribution is 2.25. The highest BCUT2D eigenvalue weighted by molar-refractivity contribution is 5.76. The summed E-state index contributed by atoms with van der Waals surface area (Å²) in [5, 5.41) is 0. The highest BCUT2D eigenvalue weighted by Gasteiger charge is 2.29. The minimum atomic E-state index is 0.250. The van der Waals surface area contributed by atoms with E-state index in [1.165, 1.54) is 0 Å². The smallest absolute Gasteiger partial charge is 0.222 e. The van der Waals surface area contributed by atoms with Crippen LogP contribution in [0.4, 0.5) is 0 Å². The molecule has 2 fully saturated rings. The first kappa shape index (κ1) is 14.8. The van der Waals surface area contributed by atoms with Gasteiger partial charge in [0.05, 0.1) is 12.2 Å². The first-order chi connectivity index (χ1) is 9.10. The fourth-order valence-electron chi connectivity index (χ4n) is 3.33. The van der Waals surface area contributed by atoms with Gasteiger partial charge in [-0.05, 0) is 44.9 Å². The van der Waals surface area contributed by atoms with E-state index in [-0.39, 0.29) is 11.9 Å². The zero-order valence-electron chi connectivity index (χ0n) is 12.3. The van der Waals surface area contributed by atoms with Crippen molar-refractivity contribution in [3.63, 3.8) is 0 Å². The summed E-state index contributed by atoms with van der Waals surface area (Å²) in [6.07, 6.45) is 6.54. The molecule has 2 heterocycles. The molecular formula is C15H28N2O2. The standard InChI is InChI=1S/C15H28N2O2/c1-11-7-8-17(13(9-11)10-16)15(18)6-5-14-4-3-12(2)19-14/h11-14H,3-10,16H2,1-2H3. The van der Waals surface area contributed by atoms with Gasteiger partial charge >= 0.3 is 0 Å². The molecule has 0 radical (unpaired) electrons. The van der Waals surface area contributed by atoms with Crippen molar-refractivity contribution in [2.45, 2.75) is 70.6 Å². The lowest BCUT2D eigenvalue weighted by atomic mass is 9.92. The van der Waals surface area contributed by atoms with Gasteiger partial charge in [0, 0.05) is 25.6 Å². The zero-order valence-corrected chi connectivity index (χ0v) is 12.3. The van der Waals surface area contributed by atoms with Gasteiger partial charge in [-0.2, -0.15) is 0 Å². The molecule has 19 heavy (non-hydrogen) atoms. The topological polar surface area (TPSA) is 55.6 Å². The molecule has 1 amide bonds. The lowest BCUT2D eigenvalue weighted by Gasteiger charge is -2.38. The van der Waals surface area contributed by atoms with Crippen molar-refractivity contribution in [1.29, 1.82) is 0 Å².